The minimum absolute atomic E-state index is 0.0336. The summed E-state index contributed by atoms with van der Waals surface area (Å²) in [5, 5.41) is 11.8. The second kappa shape index (κ2) is 6.86. The van der Waals surface area contributed by atoms with E-state index in [9.17, 15) is 22.4 Å². The molecule has 0 aliphatic heterocycles. The Labute approximate surface area is 127 Å². The number of rotatable bonds is 6. The number of carbonyl (C=O) groups excluding carboxylic acids is 1. The minimum Gasteiger partial charge on any atom is -0.396 e. The minimum atomic E-state index is -4.79. The van der Waals surface area contributed by atoms with Crippen LogP contribution in [0, 0.1) is 5.82 Å². The van der Waals surface area contributed by atoms with E-state index >= 15 is 0 Å². The van der Waals surface area contributed by atoms with Gasteiger partial charge in [0.2, 0.25) is 5.82 Å². The van der Waals surface area contributed by atoms with Gasteiger partial charge in [-0.2, -0.15) is 18.2 Å². The first-order chi connectivity index (χ1) is 10.8. The van der Waals surface area contributed by atoms with Crippen molar-refractivity contribution in [2.24, 2.45) is 0 Å². The van der Waals surface area contributed by atoms with E-state index in [0.29, 0.717) is 12.8 Å². The molecule has 2 rings (SSSR count). The molecule has 0 saturated heterocycles. The Kier molecular flexibility index (Phi) is 5.09. The highest BCUT2D eigenvalue weighted by Crippen LogP contribution is 2.29. The van der Waals surface area contributed by atoms with Crippen molar-refractivity contribution in [2.45, 2.75) is 25.4 Å². The Morgan fingerprint density at radius 2 is 2.00 bits per heavy atom. The van der Waals surface area contributed by atoms with Gasteiger partial charge in [0.1, 0.15) is 5.82 Å². The number of ketones is 1. The maximum Gasteiger partial charge on any atom is 0.471 e. The molecule has 0 spiro atoms. The molecule has 1 N–H and O–H groups in total. The molecule has 0 atom stereocenters. The second-order valence-corrected chi connectivity index (χ2v) is 4.72. The number of alkyl halides is 3. The quantitative estimate of drug-likeness (QED) is 0.499. The third kappa shape index (κ3) is 4.13. The number of unbranched alkanes of at least 4 members (excludes halogenated alkanes) is 1. The number of hydrogen-bond acceptors (Lipinski definition) is 5. The SMILES string of the molecule is O=C(CCCCO)c1ccc(-c2noc(C(F)(F)F)n2)cc1F. The molecule has 1 aromatic heterocycles. The maximum absolute atomic E-state index is 14.0. The zero-order valence-electron chi connectivity index (χ0n) is 11.7. The fourth-order valence-electron chi connectivity index (χ4n) is 1.87. The largest absolute Gasteiger partial charge is 0.471 e. The molecule has 0 fully saturated rings. The van der Waals surface area contributed by atoms with Gasteiger partial charge in [-0.25, -0.2) is 4.39 Å². The third-order valence-electron chi connectivity index (χ3n) is 3.01. The third-order valence-corrected chi connectivity index (χ3v) is 3.01. The highest BCUT2D eigenvalue weighted by Gasteiger charge is 2.38. The van der Waals surface area contributed by atoms with Gasteiger partial charge in [0.05, 0.1) is 5.56 Å². The van der Waals surface area contributed by atoms with Gasteiger partial charge in [-0.15, -0.1) is 0 Å². The summed E-state index contributed by atoms with van der Waals surface area (Å²) in [6.45, 7) is -0.0614. The monoisotopic (exact) mass is 332 g/mol. The Bertz CT molecular complexity index is 698. The molecule has 0 amide bonds. The van der Waals surface area contributed by atoms with E-state index in [1.54, 1.807) is 0 Å². The number of benzene rings is 1. The fourth-order valence-corrected chi connectivity index (χ4v) is 1.87. The Morgan fingerprint density at radius 1 is 1.26 bits per heavy atom. The summed E-state index contributed by atoms with van der Waals surface area (Å²) in [5.41, 5.74) is -0.208. The smallest absolute Gasteiger partial charge is 0.396 e. The Balaban J connectivity index is 2.19. The van der Waals surface area contributed by atoms with Gasteiger partial charge in [0, 0.05) is 18.6 Å². The van der Waals surface area contributed by atoms with Crippen LogP contribution >= 0.6 is 0 Å². The van der Waals surface area contributed by atoms with Crippen molar-refractivity contribution >= 4 is 5.78 Å². The van der Waals surface area contributed by atoms with E-state index in [1.807, 2.05) is 0 Å². The number of Topliss-reactive ketones (excluding diaryl/α,β-unsaturated/α-hetero) is 1. The normalized spacial score (nSPS) is 11.7. The van der Waals surface area contributed by atoms with Gasteiger partial charge in [-0.05, 0) is 25.0 Å². The van der Waals surface area contributed by atoms with E-state index in [0.717, 1.165) is 12.1 Å². The molecule has 124 valence electrons. The molecule has 0 saturated carbocycles. The number of hydrogen-bond donors (Lipinski definition) is 1. The average molecular weight is 332 g/mol. The molecule has 0 unspecified atom stereocenters. The average Bonchev–Trinajstić information content (AvgIpc) is 2.97. The van der Waals surface area contributed by atoms with E-state index in [2.05, 4.69) is 14.7 Å². The van der Waals surface area contributed by atoms with Crippen LogP contribution in [0.3, 0.4) is 0 Å². The van der Waals surface area contributed by atoms with Crippen LogP contribution in [0.5, 0.6) is 0 Å². The molecule has 5 nitrogen and oxygen atoms in total. The Hall–Kier alpha value is -2.29. The first kappa shape index (κ1) is 17.1. The fraction of sp³-hybridized carbons (Fsp3) is 0.357. The molecule has 0 aliphatic carbocycles. The van der Waals surface area contributed by atoms with Crippen LogP contribution in [-0.2, 0) is 6.18 Å². The van der Waals surface area contributed by atoms with Crippen molar-refractivity contribution in [2.75, 3.05) is 6.61 Å². The van der Waals surface area contributed by atoms with Crippen LogP contribution < -0.4 is 0 Å². The predicted octanol–water partition coefficient (Wildman–Crippen LogP) is 3.24. The van der Waals surface area contributed by atoms with Crippen LogP contribution in [0.2, 0.25) is 0 Å². The lowest BCUT2D eigenvalue weighted by atomic mass is 10.0. The topological polar surface area (TPSA) is 76.2 Å². The van der Waals surface area contributed by atoms with E-state index < -0.39 is 29.5 Å². The van der Waals surface area contributed by atoms with Gasteiger partial charge in [-0.1, -0.05) is 11.2 Å². The summed E-state index contributed by atoms with van der Waals surface area (Å²) in [5.74, 6) is -3.28. The second-order valence-electron chi connectivity index (χ2n) is 4.72. The van der Waals surface area contributed by atoms with Crippen molar-refractivity contribution in [3.05, 3.63) is 35.5 Å². The summed E-state index contributed by atoms with van der Waals surface area (Å²) < 4.78 is 55.2. The standard InChI is InChI=1S/C14H12F4N2O3/c15-10-7-8(12-19-13(23-20-12)14(16,17)18)4-5-9(10)11(22)3-1-2-6-21/h4-5,7,21H,1-3,6H2. The first-order valence-corrected chi connectivity index (χ1v) is 6.68. The van der Waals surface area contributed by atoms with Crippen molar-refractivity contribution in [1.29, 1.82) is 0 Å². The van der Waals surface area contributed by atoms with Crippen LogP contribution in [0.4, 0.5) is 17.6 Å². The predicted molar refractivity (Wildman–Crippen MR) is 70.0 cm³/mol. The number of aromatic nitrogens is 2. The molecule has 23 heavy (non-hydrogen) atoms. The van der Waals surface area contributed by atoms with E-state index in [-0.39, 0.29) is 24.2 Å². The maximum atomic E-state index is 14.0. The lowest BCUT2D eigenvalue weighted by Gasteiger charge is -2.03. The van der Waals surface area contributed by atoms with E-state index in [4.69, 9.17) is 5.11 Å². The Morgan fingerprint density at radius 3 is 2.57 bits per heavy atom. The molecule has 0 bridgehead atoms. The lowest BCUT2D eigenvalue weighted by Crippen LogP contribution is -2.05. The van der Waals surface area contributed by atoms with E-state index in [1.165, 1.54) is 6.07 Å². The summed E-state index contributed by atoms with van der Waals surface area (Å²) in [6, 6.07) is 3.28. The molecule has 2 aromatic rings. The molecule has 0 aliphatic rings. The number of aliphatic hydroxyl groups is 1. The highest BCUT2D eigenvalue weighted by atomic mass is 19.4. The van der Waals surface area contributed by atoms with Gasteiger partial charge in [-0.3, -0.25) is 4.79 Å². The van der Waals surface area contributed by atoms with Gasteiger partial charge in [0.15, 0.2) is 5.78 Å². The lowest BCUT2D eigenvalue weighted by molar-refractivity contribution is -0.159. The summed E-state index contributed by atoms with van der Waals surface area (Å²) >= 11 is 0. The molecule has 0 radical (unpaired) electrons. The van der Waals surface area contributed by atoms with Crippen LogP contribution in [0.1, 0.15) is 35.5 Å². The molecule has 1 heterocycles. The number of nitrogens with zero attached hydrogens (tertiary/aromatic N) is 2. The van der Waals surface area contributed by atoms with Crippen LogP contribution in [-0.4, -0.2) is 27.6 Å². The van der Waals surface area contributed by atoms with Gasteiger partial charge >= 0.3 is 12.1 Å². The molecule has 9 heteroatoms. The zero-order valence-corrected chi connectivity index (χ0v) is 11.7. The highest BCUT2D eigenvalue weighted by molar-refractivity contribution is 5.96. The number of halogens is 4. The summed E-state index contributed by atoms with van der Waals surface area (Å²) in [6.07, 6.45) is -3.88. The molecular formula is C14H12F4N2O3. The number of carbonyl (C=O) groups is 1. The first-order valence-electron chi connectivity index (χ1n) is 6.68. The van der Waals surface area contributed by atoms with Gasteiger partial charge < -0.3 is 9.63 Å². The summed E-state index contributed by atoms with van der Waals surface area (Å²) in [7, 11) is 0. The number of aliphatic hydroxyl groups excluding tert-OH is 1. The molecular weight excluding hydrogens is 320 g/mol. The van der Waals surface area contributed by atoms with Crippen LogP contribution in [0.15, 0.2) is 22.7 Å². The van der Waals surface area contributed by atoms with Gasteiger partial charge in [0.25, 0.3) is 0 Å². The summed E-state index contributed by atoms with van der Waals surface area (Å²) in [4.78, 5) is 14.9. The van der Waals surface area contributed by atoms with Crippen molar-refractivity contribution < 1.29 is 32.0 Å². The van der Waals surface area contributed by atoms with Crippen molar-refractivity contribution in [3.63, 3.8) is 0 Å². The zero-order chi connectivity index (χ0) is 17.0. The molecule has 1 aromatic carbocycles. The van der Waals surface area contributed by atoms with Crippen LogP contribution in [0.25, 0.3) is 11.4 Å². The van der Waals surface area contributed by atoms with Crippen molar-refractivity contribution in [1.82, 2.24) is 10.1 Å². The van der Waals surface area contributed by atoms with Crippen molar-refractivity contribution in [3.8, 4) is 11.4 Å².